The average Bonchev–Trinajstić information content (AvgIpc) is 2.79. The molecule has 0 bridgehead atoms. The molecule has 0 spiro atoms. The van der Waals surface area contributed by atoms with Crippen LogP contribution in [-0.4, -0.2) is 29.6 Å². The SMILES string of the molecule is CC1(C(=O)Nc2ccc(OCC(=O)O)cc2)CCCC1N. The van der Waals surface area contributed by atoms with Gasteiger partial charge in [0.25, 0.3) is 0 Å². The normalized spacial score (nSPS) is 24.6. The van der Waals surface area contributed by atoms with E-state index in [-0.39, 0.29) is 11.9 Å². The van der Waals surface area contributed by atoms with Crippen LogP contribution in [-0.2, 0) is 9.59 Å². The average molecular weight is 292 g/mol. The van der Waals surface area contributed by atoms with Gasteiger partial charge in [-0.15, -0.1) is 0 Å². The standard InChI is InChI=1S/C15H20N2O4/c1-15(8-2-3-12(15)16)14(20)17-10-4-6-11(7-5-10)21-9-13(18)19/h4-7,12H,2-3,8-9,16H2,1H3,(H,17,20)(H,18,19). The summed E-state index contributed by atoms with van der Waals surface area (Å²) in [5.74, 6) is -0.665. The number of hydrogen-bond acceptors (Lipinski definition) is 4. The van der Waals surface area contributed by atoms with Crippen LogP contribution in [0.5, 0.6) is 5.75 Å². The van der Waals surface area contributed by atoms with E-state index in [2.05, 4.69) is 5.32 Å². The highest BCUT2D eigenvalue weighted by Crippen LogP contribution is 2.37. The van der Waals surface area contributed by atoms with E-state index in [1.807, 2.05) is 6.92 Å². The zero-order valence-corrected chi connectivity index (χ0v) is 12.0. The zero-order valence-electron chi connectivity index (χ0n) is 12.0. The summed E-state index contributed by atoms with van der Waals surface area (Å²) >= 11 is 0. The number of carboxylic acid groups (broad SMARTS) is 1. The fraction of sp³-hybridized carbons (Fsp3) is 0.467. The van der Waals surface area contributed by atoms with E-state index in [4.69, 9.17) is 15.6 Å². The molecule has 1 aliphatic rings. The Morgan fingerprint density at radius 1 is 1.43 bits per heavy atom. The van der Waals surface area contributed by atoms with Crippen molar-refractivity contribution in [2.45, 2.75) is 32.2 Å². The molecule has 6 heteroatoms. The molecule has 1 aromatic rings. The minimum absolute atomic E-state index is 0.0771. The van der Waals surface area contributed by atoms with Gasteiger partial charge in [-0.3, -0.25) is 4.79 Å². The quantitative estimate of drug-likeness (QED) is 0.765. The number of aliphatic carboxylic acids is 1. The first kappa shape index (κ1) is 15.3. The molecule has 0 saturated heterocycles. The number of ether oxygens (including phenoxy) is 1. The predicted molar refractivity (Wildman–Crippen MR) is 78.1 cm³/mol. The van der Waals surface area contributed by atoms with Gasteiger partial charge >= 0.3 is 5.97 Å². The summed E-state index contributed by atoms with van der Waals surface area (Å²) in [6.07, 6.45) is 2.62. The molecular weight excluding hydrogens is 272 g/mol. The summed E-state index contributed by atoms with van der Waals surface area (Å²) in [4.78, 5) is 22.8. The van der Waals surface area contributed by atoms with Crippen molar-refractivity contribution < 1.29 is 19.4 Å². The molecule has 114 valence electrons. The summed E-state index contributed by atoms with van der Waals surface area (Å²) in [5.41, 5.74) is 6.14. The van der Waals surface area contributed by atoms with Crippen LogP contribution in [0.2, 0.25) is 0 Å². The lowest BCUT2D eigenvalue weighted by molar-refractivity contribution is -0.139. The van der Waals surface area contributed by atoms with E-state index in [9.17, 15) is 9.59 Å². The predicted octanol–water partition coefficient (Wildman–Crippen LogP) is 1.61. The van der Waals surface area contributed by atoms with Crippen molar-refractivity contribution in [3.05, 3.63) is 24.3 Å². The van der Waals surface area contributed by atoms with Gasteiger partial charge in [0.05, 0.1) is 5.41 Å². The van der Waals surface area contributed by atoms with Gasteiger partial charge in [0.15, 0.2) is 6.61 Å². The molecule has 21 heavy (non-hydrogen) atoms. The number of benzene rings is 1. The molecule has 1 fully saturated rings. The first-order valence-electron chi connectivity index (χ1n) is 6.93. The third-order valence-corrected chi connectivity index (χ3v) is 4.02. The summed E-state index contributed by atoms with van der Waals surface area (Å²) in [6, 6.07) is 6.48. The largest absolute Gasteiger partial charge is 0.482 e. The maximum Gasteiger partial charge on any atom is 0.341 e. The fourth-order valence-electron chi connectivity index (χ4n) is 2.53. The molecule has 0 aromatic heterocycles. The van der Waals surface area contributed by atoms with E-state index in [0.717, 1.165) is 19.3 Å². The van der Waals surface area contributed by atoms with Crippen LogP contribution in [0.3, 0.4) is 0 Å². The van der Waals surface area contributed by atoms with Gasteiger partial charge < -0.3 is 20.9 Å². The van der Waals surface area contributed by atoms with Crippen molar-refractivity contribution in [2.75, 3.05) is 11.9 Å². The van der Waals surface area contributed by atoms with E-state index < -0.39 is 18.0 Å². The summed E-state index contributed by atoms with van der Waals surface area (Å²) in [7, 11) is 0. The summed E-state index contributed by atoms with van der Waals surface area (Å²) in [6.45, 7) is 1.50. The van der Waals surface area contributed by atoms with Gasteiger partial charge in [-0.05, 0) is 44.0 Å². The number of amides is 1. The van der Waals surface area contributed by atoms with E-state index in [0.29, 0.717) is 11.4 Å². The summed E-state index contributed by atoms with van der Waals surface area (Å²) < 4.78 is 5.03. The van der Waals surface area contributed by atoms with E-state index in [1.54, 1.807) is 24.3 Å². The van der Waals surface area contributed by atoms with Crippen LogP contribution in [0.4, 0.5) is 5.69 Å². The maximum atomic E-state index is 12.3. The summed E-state index contributed by atoms with van der Waals surface area (Å²) in [5, 5.41) is 11.4. The number of carbonyl (C=O) groups excluding carboxylic acids is 1. The number of carboxylic acids is 1. The lowest BCUT2D eigenvalue weighted by Gasteiger charge is -2.27. The zero-order chi connectivity index (χ0) is 15.5. The van der Waals surface area contributed by atoms with Crippen LogP contribution in [0.15, 0.2) is 24.3 Å². The second-order valence-electron chi connectivity index (χ2n) is 5.58. The molecular formula is C15H20N2O4. The van der Waals surface area contributed by atoms with Gasteiger partial charge in [-0.2, -0.15) is 0 Å². The Morgan fingerprint density at radius 2 is 2.10 bits per heavy atom. The third kappa shape index (κ3) is 3.52. The Hall–Kier alpha value is -2.08. The van der Waals surface area contributed by atoms with Crippen molar-refractivity contribution in [1.82, 2.24) is 0 Å². The minimum atomic E-state index is -1.03. The smallest absolute Gasteiger partial charge is 0.341 e. The van der Waals surface area contributed by atoms with Gasteiger partial charge in [-0.1, -0.05) is 6.42 Å². The van der Waals surface area contributed by atoms with Gasteiger partial charge in [0.1, 0.15) is 5.75 Å². The van der Waals surface area contributed by atoms with Crippen molar-refractivity contribution >= 4 is 17.6 Å². The second kappa shape index (κ2) is 6.13. The van der Waals surface area contributed by atoms with Gasteiger partial charge in [-0.25, -0.2) is 4.79 Å². The molecule has 4 N–H and O–H groups in total. The van der Waals surface area contributed by atoms with Crippen LogP contribution in [0, 0.1) is 5.41 Å². The fourth-order valence-corrected chi connectivity index (χ4v) is 2.53. The molecule has 6 nitrogen and oxygen atoms in total. The first-order valence-corrected chi connectivity index (χ1v) is 6.93. The lowest BCUT2D eigenvalue weighted by Crippen LogP contribution is -2.44. The number of carbonyl (C=O) groups is 2. The monoisotopic (exact) mass is 292 g/mol. The number of rotatable bonds is 5. The third-order valence-electron chi connectivity index (χ3n) is 4.02. The highest BCUT2D eigenvalue weighted by molar-refractivity contribution is 5.95. The number of anilines is 1. The molecule has 2 rings (SSSR count). The number of hydrogen-bond donors (Lipinski definition) is 3. The van der Waals surface area contributed by atoms with Crippen molar-refractivity contribution in [3.63, 3.8) is 0 Å². The minimum Gasteiger partial charge on any atom is -0.482 e. The first-order chi connectivity index (χ1) is 9.91. The molecule has 2 atom stereocenters. The number of nitrogens with one attached hydrogen (secondary N) is 1. The molecule has 2 unspecified atom stereocenters. The highest BCUT2D eigenvalue weighted by atomic mass is 16.5. The van der Waals surface area contributed by atoms with Crippen molar-refractivity contribution in [3.8, 4) is 5.75 Å². The van der Waals surface area contributed by atoms with Crippen LogP contribution in [0.1, 0.15) is 26.2 Å². The highest BCUT2D eigenvalue weighted by Gasteiger charge is 2.42. The molecule has 0 heterocycles. The van der Waals surface area contributed by atoms with Crippen molar-refractivity contribution in [1.29, 1.82) is 0 Å². The van der Waals surface area contributed by atoms with Gasteiger partial charge in [0, 0.05) is 11.7 Å². The second-order valence-corrected chi connectivity index (χ2v) is 5.58. The van der Waals surface area contributed by atoms with Crippen LogP contribution < -0.4 is 15.8 Å². The molecule has 0 radical (unpaired) electrons. The van der Waals surface area contributed by atoms with Crippen molar-refractivity contribution in [2.24, 2.45) is 11.1 Å². The molecule has 1 aromatic carbocycles. The Labute approximate surface area is 123 Å². The topological polar surface area (TPSA) is 102 Å². The van der Waals surface area contributed by atoms with Crippen LogP contribution >= 0.6 is 0 Å². The molecule has 1 aliphatic carbocycles. The maximum absolute atomic E-state index is 12.3. The lowest BCUT2D eigenvalue weighted by atomic mass is 9.84. The Bertz CT molecular complexity index is 529. The number of nitrogens with two attached hydrogens (primary N) is 1. The Balaban J connectivity index is 1.97. The Morgan fingerprint density at radius 3 is 2.62 bits per heavy atom. The van der Waals surface area contributed by atoms with Gasteiger partial charge in [0.2, 0.25) is 5.91 Å². The molecule has 1 amide bonds. The van der Waals surface area contributed by atoms with Crippen LogP contribution in [0.25, 0.3) is 0 Å². The Kier molecular flexibility index (Phi) is 4.47. The van der Waals surface area contributed by atoms with E-state index >= 15 is 0 Å². The molecule has 1 saturated carbocycles. The van der Waals surface area contributed by atoms with E-state index in [1.165, 1.54) is 0 Å². The molecule has 0 aliphatic heterocycles.